The van der Waals surface area contributed by atoms with Crippen molar-refractivity contribution in [3.8, 4) is 11.4 Å². The van der Waals surface area contributed by atoms with Crippen LogP contribution in [0.4, 0.5) is 0 Å². The molecule has 0 bridgehead atoms. The largest absolute Gasteiger partial charge is 0.338 e. The topological polar surface area (TPSA) is 64.9 Å². The van der Waals surface area contributed by atoms with Crippen LogP contribution in [0.1, 0.15) is 32.2 Å². The van der Waals surface area contributed by atoms with Gasteiger partial charge in [-0.05, 0) is 11.0 Å². The zero-order valence-corrected chi connectivity index (χ0v) is 11.6. The third-order valence-corrected chi connectivity index (χ3v) is 2.65. The van der Waals surface area contributed by atoms with Crippen LogP contribution in [-0.4, -0.2) is 10.1 Å². The monoisotopic (exact) mass is 267 g/mol. The van der Waals surface area contributed by atoms with Crippen LogP contribution >= 0.6 is 12.4 Å². The Morgan fingerprint density at radius 1 is 1.17 bits per heavy atom. The molecule has 0 aliphatic carbocycles. The summed E-state index contributed by atoms with van der Waals surface area (Å²) in [5.41, 5.74) is 7.80. The van der Waals surface area contributed by atoms with E-state index in [2.05, 4.69) is 43.0 Å². The molecule has 0 spiro atoms. The molecule has 0 saturated heterocycles. The second kappa shape index (κ2) is 5.50. The summed E-state index contributed by atoms with van der Waals surface area (Å²) in [4.78, 5) is 4.19. The zero-order valence-electron chi connectivity index (χ0n) is 10.8. The summed E-state index contributed by atoms with van der Waals surface area (Å²) >= 11 is 0. The number of nitrogens with zero attached hydrogens (tertiary/aromatic N) is 2. The molecule has 0 fully saturated rings. The molecule has 1 aromatic heterocycles. The number of aromatic nitrogens is 2. The van der Waals surface area contributed by atoms with Crippen LogP contribution in [0, 0.1) is 0 Å². The molecule has 0 atom stereocenters. The minimum atomic E-state index is 0. The Bertz CT molecular complexity index is 500. The van der Waals surface area contributed by atoms with E-state index >= 15 is 0 Å². The molecule has 4 nitrogen and oxygen atoms in total. The molecule has 5 heteroatoms. The number of hydrogen-bond acceptors (Lipinski definition) is 4. The molecular weight excluding hydrogens is 250 g/mol. The summed E-state index contributed by atoms with van der Waals surface area (Å²) in [7, 11) is 0. The second-order valence-electron chi connectivity index (χ2n) is 5.04. The first-order valence-corrected chi connectivity index (χ1v) is 5.64. The average molecular weight is 268 g/mol. The van der Waals surface area contributed by atoms with Crippen LogP contribution in [0.25, 0.3) is 11.4 Å². The molecular formula is C13H18ClN3O. The van der Waals surface area contributed by atoms with E-state index in [-0.39, 0.29) is 24.4 Å². The van der Waals surface area contributed by atoms with Gasteiger partial charge in [0.1, 0.15) is 0 Å². The minimum absolute atomic E-state index is 0. The summed E-state index contributed by atoms with van der Waals surface area (Å²) < 4.78 is 4.98. The number of hydrogen-bond donors (Lipinski definition) is 1. The Hall–Kier alpha value is -1.39. The van der Waals surface area contributed by atoms with E-state index in [1.54, 1.807) is 0 Å². The van der Waals surface area contributed by atoms with E-state index in [1.165, 1.54) is 5.56 Å². The normalized spacial score (nSPS) is 11.1. The number of halogens is 1. The predicted octanol–water partition coefficient (Wildman–Crippen LogP) is 2.91. The Labute approximate surface area is 113 Å². The first-order valence-electron chi connectivity index (χ1n) is 5.64. The van der Waals surface area contributed by atoms with Crippen molar-refractivity contribution < 1.29 is 4.52 Å². The lowest BCUT2D eigenvalue weighted by Gasteiger charge is -2.18. The lowest BCUT2D eigenvalue weighted by Crippen LogP contribution is -2.10. The van der Waals surface area contributed by atoms with Crippen LogP contribution in [0.15, 0.2) is 28.8 Å². The van der Waals surface area contributed by atoms with Crippen LogP contribution in [0.3, 0.4) is 0 Å². The minimum Gasteiger partial charge on any atom is -0.338 e. The maximum absolute atomic E-state index is 5.43. The summed E-state index contributed by atoms with van der Waals surface area (Å²) in [6, 6.07) is 8.19. The van der Waals surface area contributed by atoms with E-state index in [9.17, 15) is 0 Å². The van der Waals surface area contributed by atoms with E-state index in [0.29, 0.717) is 11.7 Å². The summed E-state index contributed by atoms with van der Waals surface area (Å²) in [6.45, 7) is 6.82. The van der Waals surface area contributed by atoms with Crippen molar-refractivity contribution in [3.63, 3.8) is 0 Å². The molecule has 2 aromatic rings. The lowest BCUT2D eigenvalue weighted by molar-refractivity contribution is 0.380. The summed E-state index contributed by atoms with van der Waals surface area (Å²) in [6.07, 6.45) is 0. The molecule has 18 heavy (non-hydrogen) atoms. The Kier molecular flexibility index (Phi) is 4.48. The van der Waals surface area contributed by atoms with Crippen LogP contribution in [0.5, 0.6) is 0 Å². The van der Waals surface area contributed by atoms with Gasteiger partial charge in [-0.2, -0.15) is 4.98 Å². The second-order valence-corrected chi connectivity index (χ2v) is 5.04. The molecule has 1 heterocycles. The molecule has 0 radical (unpaired) electrons. The van der Waals surface area contributed by atoms with E-state index in [1.807, 2.05) is 12.1 Å². The van der Waals surface area contributed by atoms with Gasteiger partial charge in [0.05, 0.1) is 6.54 Å². The summed E-state index contributed by atoms with van der Waals surface area (Å²) in [5.74, 6) is 1.05. The molecule has 0 amide bonds. The summed E-state index contributed by atoms with van der Waals surface area (Å²) in [5, 5.41) is 3.88. The molecule has 0 aliphatic rings. The molecule has 2 rings (SSSR count). The van der Waals surface area contributed by atoms with Crippen molar-refractivity contribution in [2.75, 3.05) is 0 Å². The van der Waals surface area contributed by atoms with E-state index in [0.717, 1.165) is 5.56 Å². The van der Waals surface area contributed by atoms with Gasteiger partial charge in [-0.15, -0.1) is 12.4 Å². The average Bonchev–Trinajstić information content (AvgIpc) is 2.76. The highest BCUT2D eigenvalue weighted by Gasteiger charge is 2.14. The lowest BCUT2D eigenvalue weighted by atomic mass is 9.87. The van der Waals surface area contributed by atoms with E-state index < -0.39 is 0 Å². The van der Waals surface area contributed by atoms with Crippen LogP contribution in [0.2, 0.25) is 0 Å². The maximum Gasteiger partial charge on any atom is 0.240 e. The Morgan fingerprint density at radius 3 is 2.22 bits per heavy atom. The van der Waals surface area contributed by atoms with Gasteiger partial charge in [0.2, 0.25) is 11.7 Å². The first-order chi connectivity index (χ1) is 8.00. The third-order valence-electron chi connectivity index (χ3n) is 2.65. The smallest absolute Gasteiger partial charge is 0.240 e. The molecule has 1 aromatic carbocycles. The fourth-order valence-corrected chi connectivity index (χ4v) is 1.57. The van der Waals surface area contributed by atoms with Crippen LogP contribution in [-0.2, 0) is 12.0 Å². The van der Waals surface area contributed by atoms with Crippen molar-refractivity contribution in [2.45, 2.75) is 32.7 Å². The van der Waals surface area contributed by atoms with Crippen molar-refractivity contribution in [2.24, 2.45) is 5.73 Å². The van der Waals surface area contributed by atoms with Crippen molar-refractivity contribution in [1.29, 1.82) is 0 Å². The molecule has 98 valence electrons. The SMILES string of the molecule is CC(C)(C)c1ccc(-c2noc(CN)n2)cc1.Cl. The van der Waals surface area contributed by atoms with Gasteiger partial charge >= 0.3 is 0 Å². The zero-order chi connectivity index (χ0) is 12.5. The van der Waals surface area contributed by atoms with Crippen molar-refractivity contribution >= 4 is 12.4 Å². The maximum atomic E-state index is 5.43. The van der Waals surface area contributed by atoms with Gasteiger partial charge in [0, 0.05) is 5.56 Å². The highest BCUT2D eigenvalue weighted by molar-refractivity contribution is 5.85. The van der Waals surface area contributed by atoms with Gasteiger partial charge in [-0.1, -0.05) is 50.2 Å². The van der Waals surface area contributed by atoms with Crippen LogP contribution < -0.4 is 5.73 Å². The first kappa shape index (κ1) is 14.7. The van der Waals surface area contributed by atoms with Crippen molar-refractivity contribution in [1.82, 2.24) is 10.1 Å². The Morgan fingerprint density at radius 2 is 1.78 bits per heavy atom. The number of benzene rings is 1. The fraction of sp³-hybridized carbons (Fsp3) is 0.385. The van der Waals surface area contributed by atoms with Gasteiger partial charge < -0.3 is 10.3 Å². The fourth-order valence-electron chi connectivity index (χ4n) is 1.57. The van der Waals surface area contributed by atoms with Crippen molar-refractivity contribution in [3.05, 3.63) is 35.7 Å². The molecule has 0 aliphatic heterocycles. The van der Waals surface area contributed by atoms with Gasteiger partial charge in [-0.3, -0.25) is 0 Å². The molecule has 0 saturated carbocycles. The standard InChI is InChI=1S/C13H17N3O.ClH/c1-13(2,3)10-6-4-9(5-7-10)12-15-11(8-14)17-16-12;/h4-7H,8,14H2,1-3H3;1H. The molecule has 2 N–H and O–H groups in total. The van der Waals surface area contributed by atoms with Gasteiger partial charge in [-0.25, -0.2) is 0 Å². The molecule has 0 unspecified atom stereocenters. The highest BCUT2D eigenvalue weighted by Crippen LogP contribution is 2.24. The van der Waals surface area contributed by atoms with Gasteiger partial charge in [0.15, 0.2) is 0 Å². The Balaban J connectivity index is 0.00000162. The predicted molar refractivity (Wildman–Crippen MR) is 73.6 cm³/mol. The quantitative estimate of drug-likeness (QED) is 0.909. The number of rotatable bonds is 2. The third kappa shape index (κ3) is 3.09. The number of nitrogens with two attached hydrogens (primary N) is 1. The highest BCUT2D eigenvalue weighted by atomic mass is 35.5. The van der Waals surface area contributed by atoms with E-state index in [4.69, 9.17) is 10.3 Å². The van der Waals surface area contributed by atoms with Gasteiger partial charge in [0.25, 0.3) is 0 Å².